The molecule has 1 heterocycles. The Labute approximate surface area is 123 Å². The van der Waals surface area contributed by atoms with Crippen LogP contribution < -0.4 is 5.32 Å². The first-order valence-electron chi connectivity index (χ1n) is 7.66. The van der Waals surface area contributed by atoms with Crippen molar-refractivity contribution < 1.29 is 13.2 Å². The van der Waals surface area contributed by atoms with Gasteiger partial charge < -0.3 is 5.32 Å². The van der Waals surface area contributed by atoms with Crippen LogP contribution in [0.4, 0.5) is 13.2 Å². The summed E-state index contributed by atoms with van der Waals surface area (Å²) in [4.78, 5) is 2.31. The van der Waals surface area contributed by atoms with Crippen LogP contribution in [0.2, 0.25) is 0 Å². The van der Waals surface area contributed by atoms with Crippen LogP contribution in [0.15, 0.2) is 24.3 Å². The third kappa shape index (κ3) is 3.98. The lowest BCUT2D eigenvalue weighted by molar-refractivity contribution is -0.137. The zero-order chi connectivity index (χ0) is 14.9. The maximum Gasteiger partial charge on any atom is 0.416 e. The highest BCUT2D eigenvalue weighted by molar-refractivity contribution is 5.25. The second-order valence-corrected chi connectivity index (χ2v) is 6.15. The fourth-order valence-corrected chi connectivity index (χ4v) is 3.01. The highest BCUT2D eigenvalue weighted by atomic mass is 19.4. The van der Waals surface area contributed by atoms with Crippen LogP contribution in [-0.2, 0) is 12.7 Å². The second-order valence-electron chi connectivity index (χ2n) is 6.15. The number of benzene rings is 1. The first-order chi connectivity index (χ1) is 10.0. The molecule has 0 aromatic heterocycles. The van der Waals surface area contributed by atoms with E-state index in [0.717, 1.165) is 37.6 Å². The van der Waals surface area contributed by atoms with E-state index in [1.165, 1.54) is 25.0 Å². The minimum absolute atomic E-state index is 0.458. The van der Waals surface area contributed by atoms with E-state index in [1.807, 2.05) is 0 Å². The van der Waals surface area contributed by atoms with Crippen molar-refractivity contribution in [3.8, 4) is 0 Å². The van der Waals surface area contributed by atoms with Crippen molar-refractivity contribution in [3.05, 3.63) is 35.4 Å². The first kappa shape index (κ1) is 14.9. The van der Waals surface area contributed by atoms with Crippen molar-refractivity contribution in [2.24, 2.45) is 0 Å². The number of halogens is 3. The molecule has 1 aromatic carbocycles. The van der Waals surface area contributed by atoms with Crippen LogP contribution in [0.5, 0.6) is 0 Å². The fraction of sp³-hybridized carbons (Fsp3) is 0.625. The third-order valence-electron chi connectivity index (χ3n) is 4.36. The predicted molar refractivity (Wildman–Crippen MR) is 75.9 cm³/mol. The van der Waals surface area contributed by atoms with E-state index in [4.69, 9.17) is 0 Å². The Kier molecular flexibility index (Phi) is 4.22. The molecule has 2 aliphatic rings. The molecule has 1 aliphatic carbocycles. The highest BCUT2D eigenvalue weighted by Crippen LogP contribution is 2.30. The van der Waals surface area contributed by atoms with Gasteiger partial charge in [-0.15, -0.1) is 0 Å². The molecule has 1 unspecified atom stereocenters. The summed E-state index contributed by atoms with van der Waals surface area (Å²) in [6, 6.07) is 6.86. The predicted octanol–water partition coefficient (Wildman–Crippen LogP) is 3.42. The quantitative estimate of drug-likeness (QED) is 0.896. The lowest BCUT2D eigenvalue weighted by Crippen LogP contribution is -2.38. The molecule has 0 spiro atoms. The van der Waals surface area contributed by atoms with Crippen molar-refractivity contribution in [1.82, 2.24) is 10.2 Å². The summed E-state index contributed by atoms with van der Waals surface area (Å²) < 4.78 is 38.3. The van der Waals surface area contributed by atoms with E-state index in [-0.39, 0.29) is 0 Å². The van der Waals surface area contributed by atoms with Gasteiger partial charge in [0, 0.05) is 25.2 Å². The number of likely N-dealkylation sites (tertiary alicyclic amines) is 1. The standard InChI is InChI=1S/C16H21F3N2/c17-16(18,19)13-4-1-3-12(9-13)11-21-8-2-5-15(21)10-20-14-6-7-14/h1,3-4,9,14-15,20H,2,5-8,10-11H2. The van der Waals surface area contributed by atoms with Gasteiger partial charge in [0.2, 0.25) is 0 Å². The van der Waals surface area contributed by atoms with Gasteiger partial charge in [-0.05, 0) is 43.9 Å². The first-order valence-corrected chi connectivity index (χ1v) is 7.66. The minimum Gasteiger partial charge on any atom is -0.312 e. The number of hydrogen-bond acceptors (Lipinski definition) is 2. The van der Waals surface area contributed by atoms with E-state index in [9.17, 15) is 13.2 Å². The van der Waals surface area contributed by atoms with Gasteiger partial charge in [0.15, 0.2) is 0 Å². The van der Waals surface area contributed by atoms with Gasteiger partial charge in [-0.3, -0.25) is 4.90 Å². The van der Waals surface area contributed by atoms with E-state index >= 15 is 0 Å². The van der Waals surface area contributed by atoms with E-state index < -0.39 is 11.7 Å². The average molecular weight is 298 g/mol. The van der Waals surface area contributed by atoms with Crippen LogP contribution >= 0.6 is 0 Å². The summed E-state index contributed by atoms with van der Waals surface area (Å²) in [6.45, 7) is 2.55. The molecule has 2 nitrogen and oxygen atoms in total. The number of nitrogens with one attached hydrogen (secondary N) is 1. The lowest BCUT2D eigenvalue weighted by atomic mass is 10.1. The number of rotatable bonds is 5. The molecule has 1 saturated heterocycles. The average Bonchev–Trinajstić information content (AvgIpc) is 3.17. The van der Waals surface area contributed by atoms with Crippen molar-refractivity contribution in [3.63, 3.8) is 0 Å². The molecule has 3 rings (SSSR count). The number of hydrogen-bond donors (Lipinski definition) is 1. The minimum atomic E-state index is -4.26. The number of nitrogens with zero attached hydrogens (tertiary/aromatic N) is 1. The molecule has 1 aromatic rings. The second kappa shape index (κ2) is 5.97. The molecule has 1 atom stereocenters. The summed E-state index contributed by atoms with van der Waals surface area (Å²) in [5.41, 5.74) is 0.204. The monoisotopic (exact) mass is 298 g/mol. The van der Waals surface area contributed by atoms with Crippen molar-refractivity contribution in [2.45, 2.75) is 50.5 Å². The summed E-state index contributed by atoms with van der Waals surface area (Å²) in [5, 5.41) is 3.53. The van der Waals surface area contributed by atoms with Gasteiger partial charge in [0.05, 0.1) is 5.56 Å². The largest absolute Gasteiger partial charge is 0.416 e. The van der Waals surface area contributed by atoms with Crippen LogP contribution in [0.25, 0.3) is 0 Å². The molecule has 21 heavy (non-hydrogen) atoms. The van der Waals surface area contributed by atoms with Crippen LogP contribution in [0.1, 0.15) is 36.8 Å². The molecule has 1 saturated carbocycles. The van der Waals surface area contributed by atoms with Gasteiger partial charge in [0.1, 0.15) is 0 Å². The smallest absolute Gasteiger partial charge is 0.312 e. The molecule has 2 fully saturated rings. The normalized spacial score (nSPS) is 23.7. The van der Waals surface area contributed by atoms with E-state index in [1.54, 1.807) is 6.07 Å². The maximum atomic E-state index is 12.8. The highest BCUT2D eigenvalue weighted by Gasteiger charge is 2.31. The lowest BCUT2D eigenvalue weighted by Gasteiger charge is -2.25. The molecule has 5 heteroatoms. The topological polar surface area (TPSA) is 15.3 Å². The van der Waals surface area contributed by atoms with Gasteiger partial charge >= 0.3 is 6.18 Å². The van der Waals surface area contributed by atoms with Crippen LogP contribution in [0, 0.1) is 0 Å². The summed E-state index contributed by atoms with van der Waals surface area (Å²) in [5.74, 6) is 0. The Hall–Kier alpha value is -1.07. The molecule has 1 aliphatic heterocycles. The van der Waals surface area contributed by atoms with Crippen molar-refractivity contribution >= 4 is 0 Å². The third-order valence-corrected chi connectivity index (χ3v) is 4.36. The molecule has 0 radical (unpaired) electrons. The van der Waals surface area contributed by atoms with Crippen molar-refractivity contribution in [1.29, 1.82) is 0 Å². The van der Waals surface area contributed by atoms with Gasteiger partial charge in [-0.1, -0.05) is 18.2 Å². The number of alkyl halides is 3. The summed E-state index contributed by atoms with van der Waals surface area (Å²) >= 11 is 0. The molecule has 116 valence electrons. The molecular weight excluding hydrogens is 277 g/mol. The zero-order valence-electron chi connectivity index (χ0n) is 12.0. The fourth-order valence-electron chi connectivity index (χ4n) is 3.01. The van der Waals surface area contributed by atoms with Gasteiger partial charge in [-0.25, -0.2) is 0 Å². The maximum absolute atomic E-state index is 12.8. The van der Waals surface area contributed by atoms with Crippen LogP contribution in [0.3, 0.4) is 0 Å². The van der Waals surface area contributed by atoms with Crippen molar-refractivity contribution in [2.75, 3.05) is 13.1 Å². The Balaban J connectivity index is 1.61. The molecular formula is C16H21F3N2. The Morgan fingerprint density at radius 2 is 2.00 bits per heavy atom. The zero-order valence-corrected chi connectivity index (χ0v) is 12.0. The van der Waals surface area contributed by atoms with E-state index in [2.05, 4.69) is 10.2 Å². The molecule has 0 bridgehead atoms. The SMILES string of the molecule is FC(F)(F)c1cccc(CN2CCCC2CNC2CC2)c1. The Morgan fingerprint density at radius 3 is 2.71 bits per heavy atom. The Bertz CT molecular complexity index is 483. The van der Waals surface area contributed by atoms with Gasteiger partial charge in [-0.2, -0.15) is 13.2 Å². The molecule has 1 N–H and O–H groups in total. The molecule has 0 amide bonds. The van der Waals surface area contributed by atoms with Crippen LogP contribution in [-0.4, -0.2) is 30.1 Å². The summed E-state index contributed by atoms with van der Waals surface area (Å²) in [6.07, 6.45) is 0.545. The summed E-state index contributed by atoms with van der Waals surface area (Å²) in [7, 11) is 0. The van der Waals surface area contributed by atoms with E-state index in [0.29, 0.717) is 18.6 Å². The van der Waals surface area contributed by atoms with Gasteiger partial charge in [0.25, 0.3) is 0 Å². The Morgan fingerprint density at radius 1 is 1.19 bits per heavy atom.